The Morgan fingerprint density at radius 1 is 1.24 bits per heavy atom. The van der Waals surface area contributed by atoms with Gasteiger partial charge in [-0.05, 0) is 18.2 Å². The van der Waals surface area contributed by atoms with Crippen LogP contribution in [0.25, 0.3) is 0 Å². The van der Waals surface area contributed by atoms with Gasteiger partial charge in [0.05, 0.1) is 5.56 Å². The number of carbonyl (C=O) groups is 2. The van der Waals surface area contributed by atoms with Crippen molar-refractivity contribution in [2.24, 2.45) is 0 Å². The van der Waals surface area contributed by atoms with Crippen LogP contribution in [0, 0.1) is 5.82 Å². The summed E-state index contributed by atoms with van der Waals surface area (Å²) >= 11 is 0. The molecule has 2 rings (SSSR count). The molecule has 1 heterocycles. The maximum atomic E-state index is 13.6. The van der Waals surface area contributed by atoms with Crippen molar-refractivity contribution >= 4 is 11.9 Å². The van der Waals surface area contributed by atoms with Gasteiger partial charge in [0.1, 0.15) is 11.5 Å². The van der Waals surface area contributed by atoms with Crippen LogP contribution in [-0.2, 0) is 6.54 Å². The Labute approximate surface area is 120 Å². The Kier molecular flexibility index (Phi) is 4.27. The first-order valence-electron chi connectivity index (χ1n) is 6.18. The fourth-order valence-electron chi connectivity index (χ4n) is 1.88. The zero-order chi connectivity index (χ0) is 15.4. The molecule has 0 aliphatic carbocycles. The summed E-state index contributed by atoms with van der Waals surface area (Å²) in [6.45, 7) is 0.0289. The summed E-state index contributed by atoms with van der Waals surface area (Å²) < 4.78 is 13.6. The Balaban J connectivity index is 2.24. The molecule has 0 spiro atoms. The smallest absolute Gasteiger partial charge is 0.338 e. The molecule has 0 unspecified atom stereocenters. The second kappa shape index (κ2) is 6.13. The molecule has 6 heteroatoms. The van der Waals surface area contributed by atoms with Gasteiger partial charge in [-0.2, -0.15) is 0 Å². The predicted molar refractivity (Wildman–Crippen MR) is 73.4 cm³/mol. The van der Waals surface area contributed by atoms with Crippen molar-refractivity contribution in [2.75, 3.05) is 7.05 Å². The highest BCUT2D eigenvalue weighted by molar-refractivity contribution is 6.03. The molecule has 108 valence electrons. The molecule has 1 aromatic carbocycles. The molecule has 0 saturated heterocycles. The highest BCUT2D eigenvalue weighted by Gasteiger charge is 2.21. The number of carboxylic acids is 1. The second-order valence-corrected chi connectivity index (χ2v) is 4.46. The van der Waals surface area contributed by atoms with Gasteiger partial charge in [0.15, 0.2) is 0 Å². The van der Waals surface area contributed by atoms with E-state index in [1.54, 1.807) is 18.2 Å². The van der Waals surface area contributed by atoms with E-state index in [4.69, 9.17) is 5.11 Å². The molecule has 0 aliphatic rings. The number of benzene rings is 1. The molecule has 21 heavy (non-hydrogen) atoms. The largest absolute Gasteiger partial charge is 0.478 e. The van der Waals surface area contributed by atoms with Gasteiger partial charge >= 0.3 is 5.97 Å². The fraction of sp³-hybridized carbons (Fsp3) is 0.133. The van der Waals surface area contributed by atoms with Gasteiger partial charge in [-0.25, -0.2) is 9.18 Å². The third kappa shape index (κ3) is 3.22. The number of pyridine rings is 1. The first-order chi connectivity index (χ1) is 10.0. The lowest BCUT2D eigenvalue weighted by molar-refractivity contribution is 0.0678. The first kappa shape index (κ1) is 14.6. The van der Waals surface area contributed by atoms with Gasteiger partial charge in [0.2, 0.25) is 0 Å². The van der Waals surface area contributed by atoms with E-state index in [0.717, 1.165) is 0 Å². The SMILES string of the molecule is CN(Cc1ccccc1F)C(=O)c1ncccc1C(=O)O. The maximum Gasteiger partial charge on any atom is 0.338 e. The maximum absolute atomic E-state index is 13.6. The summed E-state index contributed by atoms with van der Waals surface area (Å²) in [5.74, 6) is -2.22. The number of carboxylic acid groups (broad SMARTS) is 1. The number of amides is 1. The van der Waals surface area contributed by atoms with Gasteiger partial charge in [-0.15, -0.1) is 0 Å². The van der Waals surface area contributed by atoms with E-state index >= 15 is 0 Å². The van der Waals surface area contributed by atoms with Crippen LogP contribution in [0.1, 0.15) is 26.4 Å². The minimum absolute atomic E-state index is 0.0289. The molecule has 0 bridgehead atoms. The average Bonchev–Trinajstić information content (AvgIpc) is 2.48. The average molecular weight is 288 g/mol. The molecule has 0 fully saturated rings. The number of hydrogen-bond acceptors (Lipinski definition) is 3. The van der Waals surface area contributed by atoms with Gasteiger partial charge in [-0.1, -0.05) is 18.2 Å². The zero-order valence-electron chi connectivity index (χ0n) is 11.3. The number of carbonyl (C=O) groups excluding carboxylic acids is 1. The van der Waals surface area contributed by atoms with E-state index < -0.39 is 17.7 Å². The van der Waals surface area contributed by atoms with Crippen LogP contribution in [0.3, 0.4) is 0 Å². The van der Waals surface area contributed by atoms with Gasteiger partial charge < -0.3 is 10.0 Å². The van der Waals surface area contributed by atoms with Crippen LogP contribution in [0.4, 0.5) is 4.39 Å². The summed E-state index contributed by atoms with van der Waals surface area (Å²) in [5.41, 5.74) is 0.00730. The van der Waals surface area contributed by atoms with Crippen molar-refractivity contribution in [2.45, 2.75) is 6.54 Å². The minimum Gasteiger partial charge on any atom is -0.478 e. The highest BCUT2D eigenvalue weighted by Crippen LogP contribution is 2.13. The predicted octanol–water partition coefficient (Wildman–Crippen LogP) is 2.19. The molecule has 1 amide bonds. The highest BCUT2D eigenvalue weighted by atomic mass is 19.1. The molecule has 0 saturated carbocycles. The fourth-order valence-corrected chi connectivity index (χ4v) is 1.88. The standard InChI is InChI=1S/C15H13FN2O3/c1-18(9-10-5-2-3-7-12(10)16)14(19)13-11(15(20)21)6-4-8-17-13/h2-8H,9H2,1H3,(H,20,21). The van der Waals surface area contributed by atoms with E-state index in [2.05, 4.69) is 4.98 Å². The van der Waals surface area contributed by atoms with Crippen LogP contribution in [-0.4, -0.2) is 33.9 Å². The van der Waals surface area contributed by atoms with Gasteiger partial charge in [0, 0.05) is 25.4 Å². The second-order valence-electron chi connectivity index (χ2n) is 4.46. The number of halogens is 1. The third-order valence-corrected chi connectivity index (χ3v) is 2.95. The first-order valence-corrected chi connectivity index (χ1v) is 6.18. The van der Waals surface area contributed by atoms with Crippen LogP contribution in [0.15, 0.2) is 42.6 Å². The number of nitrogens with zero attached hydrogens (tertiary/aromatic N) is 2. The van der Waals surface area contributed by atoms with E-state index in [1.807, 2.05) is 0 Å². The Hall–Kier alpha value is -2.76. The molecule has 0 radical (unpaired) electrons. The lowest BCUT2D eigenvalue weighted by Crippen LogP contribution is -2.29. The normalized spacial score (nSPS) is 10.2. The number of aromatic nitrogens is 1. The topological polar surface area (TPSA) is 70.5 Å². The van der Waals surface area contributed by atoms with Crippen molar-refractivity contribution in [3.63, 3.8) is 0 Å². The van der Waals surface area contributed by atoms with Crippen molar-refractivity contribution in [1.29, 1.82) is 0 Å². The van der Waals surface area contributed by atoms with Gasteiger partial charge in [-0.3, -0.25) is 9.78 Å². The molecule has 2 aromatic rings. The van der Waals surface area contributed by atoms with Crippen molar-refractivity contribution in [3.05, 3.63) is 65.2 Å². The summed E-state index contributed by atoms with van der Waals surface area (Å²) in [5, 5.41) is 9.06. The lowest BCUT2D eigenvalue weighted by atomic mass is 10.1. The van der Waals surface area contributed by atoms with E-state index in [1.165, 1.54) is 36.3 Å². The monoisotopic (exact) mass is 288 g/mol. The van der Waals surface area contributed by atoms with Crippen molar-refractivity contribution in [1.82, 2.24) is 9.88 Å². The van der Waals surface area contributed by atoms with E-state index in [9.17, 15) is 14.0 Å². The molecule has 5 nitrogen and oxygen atoms in total. The molecular weight excluding hydrogens is 275 g/mol. The molecule has 1 N–H and O–H groups in total. The molecule has 0 atom stereocenters. The van der Waals surface area contributed by atoms with Crippen molar-refractivity contribution in [3.8, 4) is 0 Å². The Morgan fingerprint density at radius 3 is 2.62 bits per heavy atom. The summed E-state index contributed by atoms with van der Waals surface area (Å²) in [6.07, 6.45) is 1.34. The lowest BCUT2D eigenvalue weighted by Gasteiger charge is -2.18. The Morgan fingerprint density at radius 2 is 1.95 bits per heavy atom. The molecular formula is C15H13FN2O3. The summed E-state index contributed by atoms with van der Waals surface area (Å²) in [7, 11) is 1.47. The van der Waals surface area contributed by atoms with Crippen LogP contribution in [0.5, 0.6) is 0 Å². The molecule has 1 aromatic heterocycles. The zero-order valence-corrected chi connectivity index (χ0v) is 11.3. The number of rotatable bonds is 4. The van der Waals surface area contributed by atoms with Gasteiger partial charge in [0.25, 0.3) is 5.91 Å². The van der Waals surface area contributed by atoms with Crippen molar-refractivity contribution < 1.29 is 19.1 Å². The van der Waals surface area contributed by atoms with E-state index in [0.29, 0.717) is 5.56 Å². The van der Waals surface area contributed by atoms with Crippen LogP contribution in [0.2, 0.25) is 0 Å². The number of hydrogen-bond donors (Lipinski definition) is 1. The number of aromatic carboxylic acids is 1. The molecule has 0 aliphatic heterocycles. The van der Waals surface area contributed by atoms with Crippen LogP contribution < -0.4 is 0 Å². The minimum atomic E-state index is -1.23. The summed E-state index contributed by atoms with van der Waals surface area (Å²) in [6, 6.07) is 8.84. The third-order valence-electron chi connectivity index (χ3n) is 2.95. The quantitative estimate of drug-likeness (QED) is 0.936. The Bertz CT molecular complexity index is 688. The summed E-state index contributed by atoms with van der Waals surface area (Å²) in [4.78, 5) is 28.4. The van der Waals surface area contributed by atoms with Crippen LogP contribution >= 0.6 is 0 Å². The van der Waals surface area contributed by atoms with E-state index in [-0.39, 0.29) is 17.8 Å².